The van der Waals surface area contributed by atoms with E-state index in [9.17, 15) is 9.59 Å². The minimum Gasteiger partial charge on any atom is -0.356 e. The molecule has 0 aliphatic rings. The molecule has 0 aliphatic carbocycles. The number of para-hydroxylation sites is 1. The SMILES string of the molecule is CC(C)CCNC(=O)CCc1nnc2n(Cc3ccccc3)c(=O)c3ccccc3n12. The molecule has 1 amide bonds. The van der Waals surface area contributed by atoms with Crippen LogP contribution in [0.2, 0.25) is 0 Å². The Hall–Kier alpha value is -3.48. The monoisotopic (exact) mass is 417 g/mol. The lowest BCUT2D eigenvalue weighted by atomic mass is 10.1. The third-order valence-corrected chi connectivity index (χ3v) is 5.38. The number of carbonyl (C=O) groups is 1. The second-order valence-electron chi connectivity index (χ2n) is 8.18. The van der Waals surface area contributed by atoms with Crippen LogP contribution in [-0.2, 0) is 17.8 Å². The maximum Gasteiger partial charge on any atom is 0.263 e. The number of aryl methyl sites for hydroxylation is 1. The number of nitrogens with zero attached hydrogens (tertiary/aromatic N) is 4. The first kappa shape index (κ1) is 20.8. The van der Waals surface area contributed by atoms with Crippen molar-refractivity contribution in [2.45, 2.75) is 39.7 Å². The van der Waals surface area contributed by atoms with E-state index >= 15 is 0 Å². The van der Waals surface area contributed by atoms with Crippen LogP contribution in [0, 0.1) is 5.92 Å². The van der Waals surface area contributed by atoms with Crippen LogP contribution < -0.4 is 10.9 Å². The fourth-order valence-electron chi connectivity index (χ4n) is 3.70. The Kier molecular flexibility index (Phi) is 6.11. The van der Waals surface area contributed by atoms with Gasteiger partial charge in [0, 0.05) is 19.4 Å². The van der Waals surface area contributed by atoms with Gasteiger partial charge in [-0.15, -0.1) is 10.2 Å². The van der Waals surface area contributed by atoms with Crippen molar-refractivity contribution in [1.82, 2.24) is 24.5 Å². The first-order valence-electron chi connectivity index (χ1n) is 10.7. The zero-order chi connectivity index (χ0) is 21.8. The average molecular weight is 418 g/mol. The van der Waals surface area contributed by atoms with Crippen molar-refractivity contribution in [3.8, 4) is 0 Å². The fraction of sp³-hybridized carbons (Fsp3) is 0.333. The molecule has 7 nitrogen and oxygen atoms in total. The Morgan fingerprint density at radius 2 is 1.77 bits per heavy atom. The fourth-order valence-corrected chi connectivity index (χ4v) is 3.70. The van der Waals surface area contributed by atoms with Gasteiger partial charge in [0.15, 0.2) is 0 Å². The molecule has 2 aromatic carbocycles. The highest BCUT2D eigenvalue weighted by atomic mass is 16.1. The van der Waals surface area contributed by atoms with Gasteiger partial charge < -0.3 is 5.32 Å². The van der Waals surface area contributed by atoms with E-state index in [0.29, 0.717) is 48.8 Å². The number of amides is 1. The van der Waals surface area contributed by atoms with E-state index in [-0.39, 0.29) is 11.5 Å². The molecule has 0 unspecified atom stereocenters. The molecule has 2 heterocycles. The molecule has 0 saturated carbocycles. The topological polar surface area (TPSA) is 81.3 Å². The van der Waals surface area contributed by atoms with Gasteiger partial charge in [-0.1, -0.05) is 56.3 Å². The summed E-state index contributed by atoms with van der Waals surface area (Å²) in [5.41, 5.74) is 1.67. The van der Waals surface area contributed by atoms with Crippen molar-refractivity contribution in [3.63, 3.8) is 0 Å². The lowest BCUT2D eigenvalue weighted by Crippen LogP contribution is -2.26. The Morgan fingerprint density at radius 3 is 2.55 bits per heavy atom. The van der Waals surface area contributed by atoms with Gasteiger partial charge in [-0.3, -0.25) is 18.6 Å². The number of hydrogen-bond donors (Lipinski definition) is 1. The zero-order valence-corrected chi connectivity index (χ0v) is 17.9. The number of nitrogens with one attached hydrogen (secondary N) is 1. The molecule has 0 radical (unpaired) electrons. The van der Waals surface area contributed by atoms with E-state index in [4.69, 9.17) is 0 Å². The average Bonchev–Trinajstić information content (AvgIpc) is 3.20. The summed E-state index contributed by atoms with van der Waals surface area (Å²) in [5.74, 6) is 1.71. The van der Waals surface area contributed by atoms with Crippen molar-refractivity contribution in [1.29, 1.82) is 0 Å². The van der Waals surface area contributed by atoms with E-state index < -0.39 is 0 Å². The summed E-state index contributed by atoms with van der Waals surface area (Å²) in [5, 5.41) is 12.2. The summed E-state index contributed by atoms with van der Waals surface area (Å²) >= 11 is 0. The van der Waals surface area contributed by atoms with Gasteiger partial charge in [-0.2, -0.15) is 0 Å². The molecule has 7 heteroatoms. The second kappa shape index (κ2) is 9.12. The Labute approximate surface area is 180 Å². The highest BCUT2D eigenvalue weighted by Gasteiger charge is 2.17. The van der Waals surface area contributed by atoms with Gasteiger partial charge >= 0.3 is 0 Å². The second-order valence-corrected chi connectivity index (χ2v) is 8.18. The van der Waals surface area contributed by atoms with Crippen LogP contribution >= 0.6 is 0 Å². The minimum absolute atomic E-state index is 0.000636. The number of benzene rings is 2. The maximum absolute atomic E-state index is 13.2. The highest BCUT2D eigenvalue weighted by molar-refractivity contribution is 5.80. The van der Waals surface area contributed by atoms with Crippen molar-refractivity contribution in [2.24, 2.45) is 5.92 Å². The summed E-state index contributed by atoms with van der Waals surface area (Å²) in [6, 6.07) is 17.3. The Morgan fingerprint density at radius 1 is 1.03 bits per heavy atom. The summed E-state index contributed by atoms with van der Waals surface area (Å²) in [6.07, 6.45) is 1.73. The van der Waals surface area contributed by atoms with Crippen LogP contribution in [0.4, 0.5) is 0 Å². The molecule has 31 heavy (non-hydrogen) atoms. The molecule has 0 fully saturated rings. The third-order valence-electron chi connectivity index (χ3n) is 5.38. The number of aromatic nitrogens is 4. The minimum atomic E-state index is -0.0997. The van der Waals surface area contributed by atoms with Crippen molar-refractivity contribution < 1.29 is 4.79 Å². The first-order valence-corrected chi connectivity index (χ1v) is 10.7. The van der Waals surface area contributed by atoms with Gasteiger partial charge in [0.05, 0.1) is 17.4 Å². The molecule has 0 saturated heterocycles. The maximum atomic E-state index is 13.2. The van der Waals surface area contributed by atoms with E-state index in [0.717, 1.165) is 17.5 Å². The van der Waals surface area contributed by atoms with Crippen LogP contribution in [-0.4, -0.2) is 31.6 Å². The van der Waals surface area contributed by atoms with Crippen LogP contribution in [0.15, 0.2) is 59.4 Å². The van der Waals surface area contributed by atoms with Gasteiger partial charge in [-0.05, 0) is 30.0 Å². The molecule has 2 aromatic heterocycles. The molecule has 4 aromatic rings. The van der Waals surface area contributed by atoms with Gasteiger partial charge in [0.25, 0.3) is 5.56 Å². The lowest BCUT2D eigenvalue weighted by Gasteiger charge is -2.11. The van der Waals surface area contributed by atoms with Crippen LogP contribution in [0.1, 0.15) is 38.1 Å². The molecule has 4 rings (SSSR count). The van der Waals surface area contributed by atoms with Crippen LogP contribution in [0.3, 0.4) is 0 Å². The van der Waals surface area contributed by atoms with Gasteiger partial charge in [0.1, 0.15) is 5.82 Å². The molecular formula is C24H27N5O2. The summed E-state index contributed by atoms with van der Waals surface area (Å²) < 4.78 is 3.55. The zero-order valence-electron chi connectivity index (χ0n) is 17.9. The molecule has 0 atom stereocenters. The van der Waals surface area contributed by atoms with Gasteiger partial charge in [-0.25, -0.2) is 0 Å². The highest BCUT2D eigenvalue weighted by Crippen LogP contribution is 2.16. The Balaban J connectivity index is 1.68. The van der Waals surface area contributed by atoms with Crippen molar-refractivity contribution in [2.75, 3.05) is 6.54 Å². The predicted molar refractivity (Wildman–Crippen MR) is 121 cm³/mol. The van der Waals surface area contributed by atoms with E-state index in [2.05, 4.69) is 29.4 Å². The number of carbonyl (C=O) groups excluding carboxylic acids is 1. The third kappa shape index (κ3) is 4.50. The van der Waals surface area contributed by atoms with Crippen LogP contribution in [0.5, 0.6) is 0 Å². The van der Waals surface area contributed by atoms with E-state index in [1.807, 2.05) is 59.0 Å². The molecule has 1 N–H and O–H groups in total. The number of fused-ring (bicyclic) bond motifs is 3. The smallest absolute Gasteiger partial charge is 0.263 e. The van der Waals surface area contributed by atoms with E-state index in [1.54, 1.807) is 4.57 Å². The molecule has 0 spiro atoms. The molecular weight excluding hydrogens is 390 g/mol. The summed E-state index contributed by atoms with van der Waals surface area (Å²) in [7, 11) is 0. The number of rotatable bonds is 8. The quantitative estimate of drug-likeness (QED) is 0.477. The molecule has 160 valence electrons. The predicted octanol–water partition coefficient (Wildman–Crippen LogP) is 3.19. The normalized spacial score (nSPS) is 11.5. The van der Waals surface area contributed by atoms with E-state index in [1.165, 1.54) is 0 Å². The first-order chi connectivity index (χ1) is 15.0. The number of hydrogen-bond acceptors (Lipinski definition) is 4. The van der Waals surface area contributed by atoms with Crippen molar-refractivity contribution in [3.05, 3.63) is 76.3 Å². The van der Waals surface area contributed by atoms with Crippen LogP contribution in [0.25, 0.3) is 16.7 Å². The molecule has 0 aliphatic heterocycles. The lowest BCUT2D eigenvalue weighted by molar-refractivity contribution is -0.121. The van der Waals surface area contributed by atoms with Gasteiger partial charge in [0.2, 0.25) is 11.7 Å². The van der Waals surface area contributed by atoms with Crippen molar-refractivity contribution >= 4 is 22.6 Å². The summed E-state index contributed by atoms with van der Waals surface area (Å²) in [4.78, 5) is 25.5. The largest absolute Gasteiger partial charge is 0.356 e. The molecule has 0 bridgehead atoms. The summed E-state index contributed by atoms with van der Waals surface area (Å²) in [6.45, 7) is 5.35. The Bertz CT molecular complexity index is 1260. The standard InChI is InChI=1S/C24H27N5O2/c1-17(2)14-15-25-22(30)13-12-21-26-27-24-28(16-18-8-4-3-5-9-18)23(31)19-10-6-7-11-20(19)29(21)24/h3-11,17H,12-16H2,1-2H3,(H,25,30).